The van der Waals surface area contributed by atoms with Crippen LogP contribution in [0.4, 0.5) is 0 Å². The summed E-state index contributed by atoms with van der Waals surface area (Å²) in [5.41, 5.74) is 1.86. The Kier molecular flexibility index (Phi) is 2.66. The third-order valence-electron chi connectivity index (χ3n) is 3.43. The lowest BCUT2D eigenvalue weighted by atomic mass is 10.1. The second kappa shape index (κ2) is 3.94. The summed E-state index contributed by atoms with van der Waals surface area (Å²) in [7, 11) is 0. The van der Waals surface area contributed by atoms with E-state index in [1.165, 1.54) is 12.8 Å². The van der Waals surface area contributed by atoms with Crippen molar-refractivity contribution in [2.24, 2.45) is 0 Å². The zero-order valence-electron chi connectivity index (χ0n) is 9.62. The van der Waals surface area contributed by atoms with Crippen LogP contribution >= 0.6 is 22.6 Å². The molecule has 0 atom stereocenters. The number of carbonyl (C=O) groups excluding carboxylic acids is 1. The molecule has 1 N–H and O–H groups in total. The highest BCUT2D eigenvalue weighted by Gasteiger charge is 2.46. The highest BCUT2D eigenvalue weighted by molar-refractivity contribution is 14.1. The van der Waals surface area contributed by atoms with Crippen LogP contribution in [0.1, 0.15) is 35.8 Å². The standard InChI is InChI=1S/C11H14IN3O2/c1-2-17-10(16)8-7-5-13-11(3-4-11)6-15(7)14-9(8)12/h13H,2-6H2,1H3. The first-order valence-electron chi connectivity index (χ1n) is 5.82. The van der Waals surface area contributed by atoms with Gasteiger partial charge in [0, 0.05) is 12.1 Å². The van der Waals surface area contributed by atoms with Gasteiger partial charge in [-0.05, 0) is 42.4 Å². The van der Waals surface area contributed by atoms with Gasteiger partial charge in [0.2, 0.25) is 0 Å². The number of hydrogen-bond donors (Lipinski definition) is 1. The van der Waals surface area contributed by atoms with Crippen molar-refractivity contribution in [2.45, 2.75) is 38.4 Å². The summed E-state index contributed by atoms with van der Waals surface area (Å²) in [6.07, 6.45) is 2.41. The molecule has 2 aliphatic rings. The van der Waals surface area contributed by atoms with E-state index in [0.717, 1.165) is 15.9 Å². The zero-order chi connectivity index (χ0) is 12.0. The minimum absolute atomic E-state index is 0.258. The molecule has 1 aromatic rings. The van der Waals surface area contributed by atoms with Gasteiger partial charge >= 0.3 is 5.97 Å². The van der Waals surface area contributed by atoms with Crippen LogP contribution in [0.2, 0.25) is 0 Å². The minimum atomic E-state index is -0.258. The van der Waals surface area contributed by atoms with Crippen molar-refractivity contribution in [2.75, 3.05) is 6.61 Å². The molecule has 1 saturated carbocycles. The molecule has 1 spiro atoms. The maximum absolute atomic E-state index is 11.9. The quantitative estimate of drug-likeness (QED) is 0.647. The van der Waals surface area contributed by atoms with Gasteiger partial charge in [-0.1, -0.05) is 0 Å². The lowest BCUT2D eigenvalue weighted by Crippen LogP contribution is -2.41. The van der Waals surface area contributed by atoms with Crippen LogP contribution in [0.15, 0.2) is 0 Å². The Morgan fingerprint density at radius 3 is 3.06 bits per heavy atom. The van der Waals surface area contributed by atoms with E-state index in [-0.39, 0.29) is 11.5 Å². The number of ether oxygens (including phenoxy) is 1. The summed E-state index contributed by atoms with van der Waals surface area (Å²) >= 11 is 2.11. The van der Waals surface area contributed by atoms with Crippen molar-refractivity contribution in [3.05, 3.63) is 15.0 Å². The Bertz CT molecular complexity index is 479. The molecule has 0 aromatic carbocycles. The normalized spacial score (nSPS) is 20.1. The predicted molar refractivity (Wildman–Crippen MR) is 69.7 cm³/mol. The first kappa shape index (κ1) is 11.5. The summed E-state index contributed by atoms with van der Waals surface area (Å²) in [5, 5.41) is 7.96. The molecule has 0 amide bonds. The fraction of sp³-hybridized carbons (Fsp3) is 0.636. The molecule has 6 heteroatoms. The van der Waals surface area contributed by atoms with Crippen molar-refractivity contribution in [1.82, 2.24) is 15.1 Å². The van der Waals surface area contributed by atoms with Gasteiger partial charge in [0.1, 0.15) is 9.26 Å². The Morgan fingerprint density at radius 2 is 2.41 bits per heavy atom. The number of aromatic nitrogens is 2. The molecule has 5 nitrogen and oxygen atoms in total. The molecule has 0 radical (unpaired) electrons. The highest BCUT2D eigenvalue weighted by atomic mass is 127. The van der Waals surface area contributed by atoms with Crippen molar-refractivity contribution in [1.29, 1.82) is 0 Å². The van der Waals surface area contributed by atoms with Gasteiger partial charge in [0.15, 0.2) is 0 Å². The van der Waals surface area contributed by atoms with Gasteiger partial charge in [-0.3, -0.25) is 4.68 Å². The van der Waals surface area contributed by atoms with E-state index in [2.05, 4.69) is 33.0 Å². The smallest absolute Gasteiger partial charge is 0.342 e. The summed E-state index contributed by atoms with van der Waals surface area (Å²) in [6, 6.07) is 0. The number of halogens is 1. The van der Waals surface area contributed by atoms with Crippen LogP contribution in [0.25, 0.3) is 0 Å². The molecule has 0 bridgehead atoms. The van der Waals surface area contributed by atoms with E-state index >= 15 is 0 Å². The van der Waals surface area contributed by atoms with Crippen LogP contribution in [0.3, 0.4) is 0 Å². The number of esters is 1. The molecule has 3 rings (SSSR count). The van der Waals surface area contributed by atoms with Gasteiger partial charge in [-0.2, -0.15) is 5.10 Å². The number of rotatable bonds is 2. The Balaban J connectivity index is 1.95. The second-order valence-electron chi connectivity index (χ2n) is 4.62. The van der Waals surface area contributed by atoms with Gasteiger partial charge in [-0.25, -0.2) is 4.79 Å². The fourth-order valence-electron chi connectivity index (χ4n) is 2.28. The van der Waals surface area contributed by atoms with Crippen LogP contribution in [0, 0.1) is 3.70 Å². The Labute approximate surface area is 113 Å². The highest BCUT2D eigenvalue weighted by Crippen LogP contribution is 2.40. The topological polar surface area (TPSA) is 56.1 Å². The van der Waals surface area contributed by atoms with Crippen LogP contribution in [-0.2, 0) is 17.8 Å². The van der Waals surface area contributed by atoms with Crippen LogP contribution in [-0.4, -0.2) is 27.9 Å². The molecule has 92 valence electrons. The number of nitrogens with one attached hydrogen (secondary N) is 1. The number of carbonyl (C=O) groups is 1. The summed E-state index contributed by atoms with van der Waals surface area (Å²) in [5.74, 6) is -0.258. The van der Waals surface area contributed by atoms with Crippen molar-refractivity contribution < 1.29 is 9.53 Å². The van der Waals surface area contributed by atoms with E-state index < -0.39 is 0 Å². The van der Waals surface area contributed by atoms with Crippen LogP contribution < -0.4 is 5.32 Å². The average Bonchev–Trinajstić information content (AvgIpc) is 2.93. The number of fused-ring (bicyclic) bond motifs is 1. The summed E-state index contributed by atoms with van der Waals surface area (Å²) < 4.78 is 7.79. The molecule has 1 aliphatic carbocycles. The molecular formula is C11H14IN3O2. The number of hydrogen-bond acceptors (Lipinski definition) is 4. The third kappa shape index (κ3) is 1.87. The lowest BCUT2D eigenvalue weighted by Gasteiger charge is -2.24. The maximum Gasteiger partial charge on any atom is 0.342 e. The van der Waals surface area contributed by atoms with E-state index in [0.29, 0.717) is 18.7 Å². The van der Waals surface area contributed by atoms with Crippen molar-refractivity contribution in [3.8, 4) is 0 Å². The molecule has 1 fully saturated rings. The first-order chi connectivity index (χ1) is 8.15. The van der Waals surface area contributed by atoms with Gasteiger partial charge in [0.25, 0.3) is 0 Å². The lowest BCUT2D eigenvalue weighted by molar-refractivity contribution is 0.0523. The largest absolute Gasteiger partial charge is 0.462 e. The summed E-state index contributed by atoms with van der Waals surface area (Å²) in [4.78, 5) is 11.9. The molecule has 1 aliphatic heterocycles. The van der Waals surface area contributed by atoms with Gasteiger partial charge < -0.3 is 10.1 Å². The zero-order valence-corrected chi connectivity index (χ0v) is 11.8. The fourth-order valence-corrected chi connectivity index (χ4v) is 3.07. The molecule has 1 aromatic heterocycles. The minimum Gasteiger partial charge on any atom is -0.462 e. The molecule has 2 heterocycles. The predicted octanol–water partition coefficient (Wildman–Crippen LogP) is 1.30. The second-order valence-corrected chi connectivity index (χ2v) is 5.65. The first-order valence-corrected chi connectivity index (χ1v) is 6.90. The van der Waals surface area contributed by atoms with Gasteiger partial charge in [0.05, 0.1) is 18.8 Å². The maximum atomic E-state index is 11.9. The third-order valence-corrected chi connectivity index (χ3v) is 4.19. The van der Waals surface area contributed by atoms with E-state index in [1.807, 2.05) is 11.6 Å². The van der Waals surface area contributed by atoms with E-state index in [9.17, 15) is 4.79 Å². The van der Waals surface area contributed by atoms with Crippen LogP contribution in [0.5, 0.6) is 0 Å². The number of nitrogens with zero attached hydrogens (tertiary/aromatic N) is 2. The monoisotopic (exact) mass is 347 g/mol. The molecule has 0 saturated heterocycles. The van der Waals surface area contributed by atoms with Gasteiger partial charge in [-0.15, -0.1) is 0 Å². The van der Waals surface area contributed by atoms with Crippen molar-refractivity contribution >= 4 is 28.6 Å². The SMILES string of the molecule is CCOC(=O)c1c(I)nn2c1CNC1(CC1)C2. The Morgan fingerprint density at radius 1 is 1.65 bits per heavy atom. The van der Waals surface area contributed by atoms with E-state index in [1.54, 1.807) is 0 Å². The van der Waals surface area contributed by atoms with Crippen molar-refractivity contribution in [3.63, 3.8) is 0 Å². The molecule has 17 heavy (non-hydrogen) atoms. The molecule has 0 unspecified atom stereocenters. The summed E-state index contributed by atoms with van der Waals surface area (Å²) in [6.45, 7) is 3.80. The van der Waals surface area contributed by atoms with E-state index in [4.69, 9.17) is 4.74 Å². The Hall–Kier alpha value is -0.630. The molecular weight excluding hydrogens is 333 g/mol. The average molecular weight is 347 g/mol.